The molecule has 0 fully saturated rings. The summed E-state index contributed by atoms with van der Waals surface area (Å²) in [6, 6.07) is 0. The molecule has 0 rings (SSSR count). The lowest BCUT2D eigenvalue weighted by atomic mass is 9.99. The van der Waals surface area contributed by atoms with E-state index in [1.54, 1.807) is 0 Å². The highest BCUT2D eigenvalue weighted by atomic mass is 16.2. The maximum atomic E-state index is 10.3. The lowest BCUT2D eigenvalue weighted by Gasteiger charge is -2.07. The number of rotatable bonds is 16. The molecule has 0 heterocycles. The van der Waals surface area contributed by atoms with Gasteiger partial charge in [-0.25, -0.2) is 5.11 Å². The van der Waals surface area contributed by atoms with E-state index in [0.29, 0.717) is 0 Å². The first kappa shape index (κ1) is 20.0. The first-order valence-electron chi connectivity index (χ1n) is 9.39. The highest BCUT2D eigenvalue weighted by Crippen LogP contribution is 2.15. The Balaban J connectivity index is 2.96. The fourth-order valence-corrected chi connectivity index (χ4v) is 2.74. The smallest absolute Gasteiger partial charge is 0.0822 e. The van der Waals surface area contributed by atoms with Crippen molar-refractivity contribution >= 4 is 0 Å². The van der Waals surface area contributed by atoms with Crippen molar-refractivity contribution in [3.05, 3.63) is 0 Å². The van der Waals surface area contributed by atoms with Crippen molar-refractivity contribution in [3.8, 4) is 0 Å². The Bertz CT molecular complexity index is 167. The van der Waals surface area contributed by atoms with Gasteiger partial charge in [0.25, 0.3) is 0 Å². The standard InChI is InChI=1S/C19H39O/c1-3-19(2)17-15-13-11-9-7-5-4-6-8-10-12-14-16-18-20/h19H,3-18H2,1-2H3. The van der Waals surface area contributed by atoms with Crippen LogP contribution < -0.4 is 0 Å². The van der Waals surface area contributed by atoms with Gasteiger partial charge in [0.2, 0.25) is 0 Å². The van der Waals surface area contributed by atoms with E-state index >= 15 is 0 Å². The number of unbranched alkanes of at least 4 members (excludes halogenated alkanes) is 12. The third-order valence-corrected chi connectivity index (χ3v) is 4.54. The van der Waals surface area contributed by atoms with Gasteiger partial charge in [-0.05, 0) is 12.3 Å². The fourth-order valence-electron chi connectivity index (χ4n) is 2.74. The van der Waals surface area contributed by atoms with Crippen LogP contribution in [0.1, 0.15) is 110 Å². The Morgan fingerprint density at radius 3 is 1.30 bits per heavy atom. The Morgan fingerprint density at radius 2 is 0.950 bits per heavy atom. The Morgan fingerprint density at radius 1 is 0.600 bits per heavy atom. The second-order valence-corrected chi connectivity index (χ2v) is 6.60. The van der Waals surface area contributed by atoms with E-state index in [1.165, 1.54) is 83.5 Å². The molecule has 0 spiro atoms. The van der Waals surface area contributed by atoms with Crippen molar-refractivity contribution in [2.24, 2.45) is 5.92 Å². The van der Waals surface area contributed by atoms with Crippen molar-refractivity contribution in [1.29, 1.82) is 0 Å². The van der Waals surface area contributed by atoms with E-state index < -0.39 is 0 Å². The van der Waals surface area contributed by atoms with Crippen LogP contribution in [-0.4, -0.2) is 6.61 Å². The molecule has 0 aromatic rings. The van der Waals surface area contributed by atoms with Crippen LogP contribution >= 0.6 is 0 Å². The van der Waals surface area contributed by atoms with Gasteiger partial charge in [0, 0.05) is 0 Å². The molecule has 0 N–H and O–H groups in total. The van der Waals surface area contributed by atoms with E-state index in [0.717, 1.165) is 18.8 Å². The minimum atomic E-state index is 0.122. The molecule has 1 atom stereocenters. The summed E-state index contributed by atoms with van der Waals surface area (Å²) in [5, 5.41) is 10.3. The Kier molecular flexibility index (Phi) is 17.0. The van der Waals surface area contributed by atoms with Crippen LogP contribution in [0.2, 0.25) is 0 Å². The highest BCUT2D eigenvalue weighted by Gasteiger charge is 1.98. The lowest BCUT2D eigenvalue weighted by Crippen LogP contribution is -1.91. The Labute approximate surface area is 128 Å². The van der Waals surface area contributed by atoms with Gasteiger partial charge in [-0.2, -0.15) is 0 Å². The molecule has 1 radical (unpaired) electrons. The summed E-state index contributed by atoms with van der Waals surface area (Å²) < 4.78 is 0. The predicted octanol–water partition coefficient (Wildman–Crippen LogP) is 6.92. The van der Waals surface area contributed by atoms with E-state index in [4.69, 9.17) is 0 Å². The van der Waals surface area contributed by atoms with Crippen LogP contribution in [-0.2, 0) is 5.11 Å². The third kappa shape index (κ3) is 16.0. The molecule has 0 aromatic carbocycles. The molecule has 0 saturated carbocycles. The fraction of sp³-hybridized carbons (Fsp3) is 1.00. The van der Waals surface area contributed by atoms with Gasteiger partial charge in [-0.3, -0.25) is 0 Å². The third-order valence-electron chi connectivity index (χ3n) is 4.54. The van der Waals surface area contributed by atoms with Crippen LogP contribution in [0.25, 0.3) is 0 Å². The van der Waals surface area contributed by atoms with Crippen LogP contribution in [0.4, 0.5) is 0 Å². The molecule has 1 unspecified atom stereocenters. The van der Waals surface area contributed by atoms with E-state index in [1.807, 2.05) is 0 Å². The van der Waals surface area contributed by atoms with Gasteiger partial charge in [-0.1, -0.05) is 104 Å². The lowest BCUT2D eigenvalue weighted by molar-refractivity contribution is 0.186. The average Bonchev–Trinajstić information content (AvgIpc) is 2.47. The molecule has 0 aromatic heterocycles. The summed E-state index contributed by atoms with van der Waals surface area (Å²) in [6.07, 6.45) is 20.3. The maximum absolute atomic E-state index is 10.3. The zero-order chi connectivity index (χ0) is 14.9. The van der Waals surface area contributed by atoms with Crippen LogP contribution in [0.15, 0.2) is 0 Å². The van der Waals surface area contributed by atoms with Crippen molar-refractivity contribution in [2.75, 3.05) is 6.61 Å². The van der Waals surface area contributed by atoms with Gasteiger partial charge in [-0.15, -0.1) is 0 Å². The normalized spacial score (nSPS) is 12.8. The SMILES string of the molecule is CCC(C)CCCCCCCCCCCCCCC[O]. The van der Waals surface area contributed by atoms with E-state index in [2.05, 4.69) is 13.8 Å². The summed E-state index contributed by atoms with van der Waals surface area (Å²) in [5.41, 5.74) is 0. The minimum absolute atomic E-state index is 0.122. The minimum Gasteiger partial charge on any atom is -0.237 e. The van der Waals surface area contributed by atoms with Gasteiger partial charge in [0.15, 0.2) is 0 Å². The monoisotopic (exact) mass is 283 g/mol. The quantitative estimate of drug-likeness (QED) is 0.274. The molecule has 1 nitrogen and oxygen atoms in total. The van der Waals surface area contributed by atoms with Gasteiger partial charge in [0.05, 0.1) is 6.61 Å². The second-order valence-electron chi connectivity index (χ2n) is 6.60. The van der Waals surface area contributed by atoms with Crippen molar-refractivity contribution in [1.82, 2.24) is 0 Å². The largest absolute Gasteiger partial charge is 0.237 e. The molecular formula is C19H39O. The van der Waals surface area contributed by atoms with E-state index in [9.17, 15) is 5.11 Å². The van der Waals surface area contributed by atoms with Crippen molar-refractivity contribution < 1.29 is 5.11 Å². The summed E-state index contributed by atoms with van der Waals surface area (Å²) in [7, 11) is 0. The highest BCUT2D eigenvalue weighted by molar-refractivity contribution is 4.52. The summed E-state index contributed by atoms with van der Waals surface area (Å²) >= 11 is 0. The van der Waals surface area contributed by atoms with Gasteiger partial charge >= 0.3 is 0 Å². The molecule has 20 heavy (non-hydrogen) atoms. The second kappa shape index (κ2) is 17.0. The number of hydrogen-bond donors (Lipinski definition) is 0. The van der Waals surface area contributed by atoms with Crippen LogP contribution in [0.5, 0.6) is 0 Å². The van der Waals surface area contributed by atoms with Crippen LogP contribution in [0, 0.1) is 5.92 Å². The zero-order valence-electron chi connectivity index (χ0n) is 14.3. The molecule has 0 bridgehead atoms. The molecule has 0 aliphatic carbocycles. The summed E-state index contributed by atoms with van der Waals surface area (Å²) in [6.45, 7) is 4.80. The summed E-state index contributed by atoms with van der Waals surface area (Å²) in [5.74, 6) is 0.934. The van der Waals surface area contributed by atoms with E-state index in [-0.39, 0.29) is 6.61 Å². The Hall–Kier alpha value is -0.0400. The maximum Gasteiger partial charge on any atom is 0.0822 e. The van der Waals surface area contributed by atoms with Crippen molar-refractivity contribution in [2.45, 2.75) is 110 Å². The molecular weight excluding hydrogens is 244 g/mol. The molecule has 121 valence electrons. The zero-order valence-corrected chi connectivity index (χ0v) is 14.3. The van der Waals surface area contributed by atoms with Crippen molar-refractivity contribution in [3.63, 3.8) is 0 Å². The van der Waals surface area contributed by atoms with Crippen LogP contribution in [0.3, 0.4) is 0 Å². The first-order valence-corrected chi connectivity index (χ1v) is 9.39. The van der Waals surface area contributed by atoms with Gasteiger partial charge < -0.3 is 0 Å². The summed E-state index contributed by atoms with van der Waals surface area (Å²) in [4.78, 5) is 0. The first-order chi connectivity index (χ1) is 9.81. The molecule has 0 aliphatic rings. The average molecular weight is 284 g/mol. The molecule has 1 heteroatoms. The number of hydrogen-bond acceptors (Lipinski definition) is 0. The van der Waals surface area contributed by atoms with Gasteiger partial charge in [0.1, 0.15) is 0 Å². The molecule has 0 amide bonds. The predicted molar refractivity (Wildman–Crippen MR) is 89.6 cm³/mol. The molecule has 0 aliphatic heterocycles. The molecule has 0 saturated heterocycles. The topological polar surface area (TPSA) is 19.9 Å².